The van der Waals surface area contributed by atoms with E-state index in [2.05, 4.69) is 10.6 Å². The molecule has 0 aliphatic carbocycles. The quantitative estimate of drug-likeness (QED) is 0.457. The first-order valence-electron chi connectivity index (χ1n) is 7.22. The minimum absolute atomic E-state index is 0.0563. The predicted molar refractivity (Wildman–Crippen MR) is 83.8 cm³/mol. The smallest absolute Gasteiger partial charge is 0.313 e. The van der Waals surface area contributed by atoms with E-state index in [0.29, 0.717) is 30.8 Å². The Bertz CT molecular complexity index is 523. The van der Waals surface area contributed by atoms with Crippen molar-refractivity contribution in [2.45, 2.75) is 33.3 Å². The van der Waals surface area contributed by atoms with Gasteiger partial charge < -0.3 is 15.4 Å². The third-order valence-corrected chi connectivity index (χ3v) is 2.81. The lowest BCUT2D eigenvalue weighted by molar-refractivity contribution is -0.136. The SMILES string of the molecule is CC(=O)c1ccc(NC(=O)C(=O)NCCCOC(C)C)cc1. The summed E-state index contributed by atoms with van der Waals surface area (Å²) in [5.74, 6) is -1.49. The number of anilines is 1. The maximum atomic E-state index is 11.7. The van der Waals surface area contributed by atoms with Gasteiger partial charge in [0.25, 0.3) is 0 Å². The summed E-state index contributed by atoms with van der Waals surface area (Å²) in [5, 5.41) is 4.99. The molecule has 0 bridgehead atoms. The number of ketones is 1. The van der Waals surface area contributed by atoms with Crippen LogP contribution in [0.3, 0.4) is 0 Å². The van der Waals surface area contributed by atoms with Crippen molar-refractivity contribution in [2.24, 2.45) is 0 Å². The highest BCUT2D eigenvalue weighted by Gasteiger charge is 2.13. The van der Waals surface area contributed by atoms with Crippen LogP contribution in [-0.4, -0.2) is 36.9 Å². The van der Waals surface area contributed by atoms with Crippen molar-refractivity contribution in [3.05, 3.63) is 29.8 Å². The Kier molecular flexibility index (Phi) is 7.25. The van der Waals surface area contributed by atoms with Crippen LogP contribution in [0.25, 0.3) is 0 Å². The highest BCUT2D eigenvalue weighted by atomic mass is 16.5. The molecular weight excluding hydrogens is 284 g/mol. The fraction of sp³-hybridized carbons (Fsp3) is 0.438. The van der Waals surface area contributed by atoms with E-state index in [1.54, 1.807) is 24.3 Å². The number of hydrogen-bond acceptors (Lipinski definition) is 4. The number of carbonyl (C=O) groups excluding carboxylic acids is 3. The first kappa shape index (κ1) is 17.8. The van der Waals surface area contributed by atoms with Gasteiger partial charge in [0.1, 0.15) is 0 Å². The van der Waals surface area contributed by atoms with Gasteiger partial charge in [0.05, 0.1) is 6.10 Å². The van der Waals surface area contributed by atoms with Crippen molar-refractivity contribution >= 4 is 23.3 Å². The number of Topliss-reactive ketones (excluding diaryl/α,β-unsaturated/α-hetero) is 1. The molecule has 1 aromatic rings. The predicted octanol–water partition coefficient (Wildman–Crippen LogP) is 1.76. The van der Waals surface area contributed by atoms with Crippen molar-refractivity contribution in [3.63, 3.8) is 0 Å². The molecule has 0 fully saturated rings. The fourth-order valence-corrected chi connectivity index (χ4v) is 1.65. The lowest BCUT2D eigenvalue weighted by Gasteiger charge is -2.08. The van der Waals surface area contributed by atoms with Gasteiger partial charge in [0.2, 0.25) is 0 Å². The van der Waals surface area contributed by atoms with Crippen LogP contribution in [0.15, 0.2) is 24.3 Å². The van der Waals surface area contributed by atoms with E-state index in [0.717, 1.165) is 0 Å². The summed E-state index contributed by atoms with van der Waals surface area (Å²) in [6, 6.07) is 6.36. The van der Waals surface area contributed by atoms with Crippen molar-refractivity contribution < 1.29 is 19.1 Å². The van der Waals surface area contributed by atoms with Gasteiger partial charge in [-0.3, -0.25) is 14.4 Å². The Morgan fingerprint density at radius 2 is 1.73 bits per heavy atom. The molecule has 6 heteroatoms. The largest absolute Gasteiger partial charge is 0.379 e. The second-order valence-corrected chi connectivity index (χ2v) is 5.12. The van der Waals surface area contributed by atoms with Crippen LogP contribution in [0.4, 0.5) is 5.69 Å². The summed E-state index contributed by atoms with van der Waals surface area (Å²) in [5.41, 5.74) is 1.01. The Balaban J connectivity index is 2.34. The van der Waals surface area contributed by atoms with Crippen LogP contribution in [-0.2, 0) is 14.3 Å². The summed E-state index contributed by atoms with van der Waals surface area (Å²) in [6.45, 7) is 6.24. The summed E-state index contributed by atoms with van der Waals surface area (Å²) in [6.07, 6.45) is 0.793. The fourth-order valence-electron chi connectivity index (χ4n) is 1.65. The molecule has 2 N–H and O–H groups in total. The molecule has 1 rings (SSSR count). The first-order valence-corrected chi connectivity index (χ1v) is 7.22. The maximum absolute atomic E-state index is 11.7. The summed E-state index contributed by atoms with van der Waals surface area (Å²) >= 11 is 0. The Morgan fingerprint density at radius 3 is 2.27 bits per heavy atom. The lowest BCUT2D eigenvalue weighted by atomic mass is 10.1. The van der Waals surface area contributed by atoms with E-state index >= 15 is 0 Å². The van der Waals surface area contributed by atoms with E-state index in [1.165, 1.54) is 6.92 Å². The van der Waals surface area contributed by atoms with Gasteiger partial charge in [-0.1, -0.05) is 0 Å². The minimum Gasteiger partial charge on any atom is -0.379 e. The topological polar surface area (TPSA) is 84.5 Å². The molecule has 0 aromatic heterocycles. The molecule has 0 radical (unpaired) electrons. The van der Waals surface area contributed by atoms with Gasteiger partial charge in [0.15, 0.2) is 5.78 Å². The molecule has 6 nitrogen and oxygen atoms in total. The molecule has 0 aliphatic heterocycles. The molecule has 0 heterocycles. The van der Waals surface area contributed by atoms with Gasteiger partial charge in [0, 0.05) is 24.4 Å². The second-order valence-electron chi connectivity index (χ2n) is 5.12. The molecular formula is C16H22N2O4. The van der Waals surface area contributed by atoms with Crippen molar-refractivity contribution in [3.8, 4) is 0 Å². The minimum atomic E-state index is -0.736. The van der Waals surface area contributed by atoms with Crippen molar-refractivity contribution in [1.29, 1.82) is 0 Å². The molecule has 0 unspecified atom stereocenters. The van der Waals surface area contributed by atoms with Gasteiger partial charge in [-0.05, 0) is 51.5 Å². The Hall–Kier alpha value is -2.21. The van der Waals surface area contributed by atoms with E-state index in [9.17, 15) is 14.4 Å². The molecule has 2 amide bonds. The maximum Gasteiger partial charge on any atom is 0.313 e. The Morgan fingerprint density at radius 1 is 1.09 bits per heavy atom. The standard InChI is InChI=1S/C16H22N2O4/c1-11(2)22-10-4-9-17-15(20)16(21)18-14-7-5-13(6-8-14)12(3)19/h5-8,11H,4,9-10H2,1-3H3,(H,17,20)(H,18,21). The highest BCUT2D eigenvalue weighted by Crippen LogP contribution is 2.09. The van der Waals surface area contributed by atoms with Gasteiger partial charge >= 0.3 is 11.8 Å². The van der Waals surface area contributed by atoms with Crippen molar-refractivity contribution in [2.75, 3.05) is 18.5 Å². The molecule has 0 saturated carbocycles. The molecule has 1 aromatic carbocycles. The number of rotatable bonds is 7. The van der Waals surface area contributed by atoms with Crippen LogP contribution in [0.5, 0.6) is 0 Å². The molecule has 22 heavy (non-hydrogen) atoms. The monoisotopic (exact) mass is 306 g/mol. The molecule has 120 valence electrons. The van der Waals surface area contributed by atoms with Gasteiger partial charge in [-0.25, -0.2) is 0 Å². The van der Waals surface area contributed by atoms with E-state index in [-0.39, 0.29) is 11.9 Å². The molecule has 0 spiro atoms. The number of carbonyl (C=O) groups is 3. The second kappa shape index (κ2) is 8.94. The number of ether oxygens (including phenoxy) is 1. The molecule has 0 atom stereocenters. The zero-order chi connectivity index (χ0) is 16.5. The first-order chi connectivity index (χ1) is 10.4. The van der Waals surface area contributed by atoms with Crippen LogP contribution < -0.4 is 10.6 Å². The normalized spacial score (nSPS) is 10.4. The highest BCUT2D eigenvalue weighted by molar-refractivity contribution is 6.39. The van der Waals surface area contributed by atoms with E-state index in [4.69, 9.17) is 4.74 Å². The molecule has 0 saturated heterocycles. The lowest BCUT2D eigenvalue weighted by Crippen LogP contribution is -2.36. The van der Waals surface area contributed by atoms with Gasteiger partial charge in [-0.15, -0.1) is 0 Å². The third-order valence-electron chi connectivity index (χ3n) is 2.81. The van der Waals surface area contributed by atoms with Crippen LogP contribution in [0, 0.1) is 0 Å². The average molecular weight is 306 g/mol. The number of amides is 2. The third kappa shape index (κ3) is 6.49. The van der Waals surface area contributed by atoms with Gasteiger partial charge in [-0.2, -0.15) is 0 Å². The summed E-state index contributed by atoms with van der Waals surface area (Å²) < 4.78 is 5.33. The molecule has 0 aliphatic rings. The Labute approximate surface area is 130 Å². The summed E-state index contributed by atoms with van der Waals surface area (Å²) in [4.78, 5) is 34.4. The number of nitrogens with one attached hydrogen (secondary N) is 2. The van der Waals surface area contributed by atoms with Crippen LogP contribution >= 0.6 is 0 Å². The number of benzene rings is 1. The van der Waals surface area contributed by atoms with Crippen LogP contribution in [0.2, 0.25) is 0 Å². The average Bonchev–Trinajstić information content (AvgIpc) is 2.46. The van der Waals surface area contributed by atoms with E-state index < -0.39 is 11.8 Å². The van der Waals surface area contributed by atoms with Crippen molar-refractivity contribution in [1.82, 2.24) is 5.32 Å². The summed E-state index contributed by atoms with van der Waals surface area (Å²) in [7, 11) is 0. The van der Waals surface area contributed by atoms with Crippen LogP contribution in [0.1, 0.15) is 37.6 Å². The zero-order valence-corrected chi connectivity index (χ0v) is 13.1. The number of hydrogen-bond donors (Lipinski definition) is 2. The van der Waals surface area contributed by atoms with E-state index in [1.807, 2.05) is 13.8 Å². The zero-order valence-electron chi connectivity index (χ0n) is 13.1.